The van der Waals surface area contributed by atoms with Gasteiger partial charge in [0.15, 0.2) is 17.1 Å². The minimum atomic E-state index is -0.254. The van der Waals surface area contributed by atoms with Gasteiger partial charge in [-0.25, -0.2) is 10.4 Å². The number of ether oxygens (including phenoxy) is 2. The number of aromatic nitrogens is 1. The fourth-order valence-electron chi connectivity index (χ4n) is 2.35. The molecule has 3 aromatic rings. The highest BCUT2D eigenvalue weighted by molar-refractivity contribution is 14.1. The molecular formula is C19H18IN3O4S. The lowest BCUT2D eigenvalue weighted by Gasteiger charge is -2.11. The average molecular weight is 511 g/mol. The third kappa shape index (κ3) is 5.16. The van der Waals surface area contributed by atoms with Gasteiger partial charge in [-0.3, -0.25) is 4.79 Å². The Bertz CT molecular complexity index is 973. The van der Waals surface area contributed by atoms with Crippen LogP contribution in [0.4, 0.5) is 0 Å². The van der Waals surface area contributed by atoms with Crippen molar-refractivity contribution in [2.24, 2.45) is 5.10 Å². The number of nitrogens with one attached hydrogen (secondary N) is 1. The van der Waals surface area contributed by atoms with Gasteiger partial charge in [-0.05, 0) is 59.3 Å². The van der Waals surface area contributed by atoms with Crippen molar-refractivity contribution in [1.82, 2.24) is 10.4 Å². The van der Waals surface area contributed by atoms with Gasteiger partial charge >= 0.3 is 0 Å². The van der Waals surface area contributed by atoms with Crippen LogP contribution in [0.15, 0.2) is 51.1 Å². The van der Waals surface area contributed by atoms with Crippen LogP contribution in [0.25, 0.3) is 11.1 Å². The molecule has 0 unspecified atom stereocenters. The summed E-state index contributed by atoms with van der Waals surface area (Å²) in [7, 11) is 1.58. The Morgan fingerprint density at radius 2 is 2.21 bits per heavy atom. The summed E-state index contributed by atoms with van der Waals surface area (Å²) in [6.45, 7) is 2.47. The molecule has 146 valence electrons. The second kappa shape index (κ2) is 9.78. The minimum absolute atomic E-state index is 0.147. The van der Waals surface area contributed by atoms with E-state index in [9.17, 15) is 4.79 Å². The Morgan fingerprint density at radius 1 is 1.39 bits per heavy atom. The van der Waals surface area contributed by atoms with Crippen LogP contribution in [0.1, 0.15) is 12.5 Å². The molecule has 9 heteroatoms. The molecule has 1 N–H and O–H groups in total. The molecule has 0 aliphatic carbocycles. The maximum Gasteiger partial charge on any atom is 0.257 e. The fourth-order valence-corrected chi connectivity index (χ4v) is 3.76. The van der Waals surface area contributed by atoms with Crippen molar-refractivity contribution in [2.75, 3.05) is 19.5 Å². The highest BCUT2D eigenvalue weighted by Crippen LogP contribution is 2.33. The lowest BCUT2D eigenvalue weighted by Crippen LogP contribution is -2.19. The van der Waals surface area contributed by atoms with E-state index in [4.69, 9.17) is 13.9 Å². The van der Waals surface area contributed by atoms with Crippen LogP contribution in [-0.4, -0.2) is 36.6 Å². The number of thioether (sulfide) groups is 1. The van der Waals surface area contributed by atoms with Gasteiger partial charge in [0.25, 0.3) is 11.1 Å². The lowest BCUT2D eigenvalue weighted by atomic mass is 10.2. The Morgan fingerprint density at radius 3 is 2.96 bits per heavy atom. The Labute approximate surface area is 180 Å². The van der Waals surface area contributed by atoms with Gasteiger partial charge in [0.05, 0.1) is 29.3 Å². The van der Waals surface area contributed by atoms with E-state index in [0.29, 0.717) is 28.9 Å². The highest BCUT2D eigenvalue weighted by Gasteiger charge is 2.11. The molecule has 3 rings (SSSR count). The maximum atomic E-state index is 12.0. The van der Waals surface area contributed by atoms with Gasteiger partial charge in [-0.2, -0.15) is 5.10 Å². The molecule has 1 heterocycles. The second-order valence-corrected chi connectivity index (χ2v) is 7.59. The fraction of sp³-hybridized carbons (Fsp3) is 0.211. The lowest BCUT2D eigenvalue weighted by molar-refractivity contribution is -0.118. The van der Waals surface area contributed by atoms with Gasteiger partial charge in [0.1, 0.15) is 5.52 Å². The maximum absolute atomic E-state index is 12.0. The van der Waals surface area contributed by atoms with Crippen LogP contribution in [0.3, 0.4) is 0 Å². The van der Waals surface area contributed by atoms with Crippen molar-refractivity contribution in [3.05, 3.63) is 45.5 Å². The molecule has 1 amide bonds. The summed E-state index contributed by atoms with van der Waals surface area (Å²) in [6.07, 6.45) is 1.56. The molecule has 2 aromatic carbocycles. The smallest absolute Gasteiger partial charge is 0.257 e. The number of carbonyl (C=O) groups excluding carboxylic acids is 1. The molecule has 0 saturated heterocycles. The Kier molecular flexibility index (Phi) is 7.15. The molecule has 0 radical (unpaired) electrons. The molecule has 0 spiro atoms. The molecule has 1 aromatic heterocycles. The third-order valence-corrected chi connectivity index (χ3v) is 5.17. The monoisotopic (exact) mass is 511 g/mol. The molecule has 0 saturated carbocycles. The highest BCUT2D eigenvalue weighted by atomic mass is 127. The van der Waals surface area contributed by atoms with Gasteiger partial charge < -0.3 is 13.9 Å². The standard InChI is InChI=1S/C19H18IN3O4S/c1-3-26-18-13(20)8-12(9-16(18)25-2)10-21-23-17(24)11-28-19-22-14-6-4-5-7-15(14)27-19/h4-10H,3,11H2,1-2H3,(H,23,24)/b21-10-. The van der Waals surface area contributed by atoms with E-state index < -0.39 is 0 Å². The summed E-state index contributed by atoms with van der Waals surface area (Å²) in [4.78, 5) is 16.3. The molecule has 0 aliphatic rings. The normalized spacial score (nSPS) is 11.1. The summed E-state index contributed by atoms with van der Waals surface area (Å²) in [5.74, 6) is 1.21. The summed E-state index contributed by atoms with van der Waals surface area (Å²) in [6, 6.07) is 11.2. The number of hydrogen-bond acceptors (Lipinski definition) is 7. The van der Waals surface area contributed by atoms with Gasteiger partial charge in [0, 0.05) is 0 Å². The minimum Gasteiger partial charge on any atom is -0.493 e. The first-order chi connectivity index (χ1) is 13.6. The van der Waals surface area contributed by atoms with E-state index in [1.807, 2.05) is 37.3 Å². The zero-order chi connectivity index (χ0) is 19.9. The molecule has 0 aliphatic heterocycles. The summed E-state index contributed by atoms with van der Waals surface area (Å²) >= 11 is 3.39. The number of fused-ring (bicyclic) bond motifs is 1. The molecule has 0 bridgehead atoms. The van der Waals surface area contributed by atoms with Crippen molar-refractivity contribution in [3.8, 4) is 11.5 Å². The molecular weight excluding hydrogens is 493 g/mol. The second-order valence-electron chi connectivity index (χ2n) is 5.50. The number of nitrogens with zero attached hydrogens (tertiary/aromatic N) is 2. The summed E-state index contributed by atoms with van der Waals surface area (Å²) in [5.41, 5.74) is 4.75. The Hall–Kier alpha value is -2.27. The zero-order valence-electron chi connectivity index (χ0n) is 15.3. The number of hydrazone groups is 1. The number of carbonyl (C=O) groups is 1. The number of para-hydroxylation sites is 2. The van der Waals surface area contributed by atoms with E-state index in [0.717, 1.165) is 14.7 Å². The van der Waals surface area contributed by atoms with Crippen LogP contribution in [0, 0.1) is 3.57 Å². The van der Waals surface area contributed by atoms with Gasteiger partial charge in [-0.15, -0.1) is 0 Å². The van der Waals surface area contributed by atoms with Crippen LogP contribution in [-0.2, 0) is 4.79 Å². The van der Waals surface area contributed by atoms with E-state index in [-0.39, 0.29) is 11.7 Å². The van der Waals surface area contributed by atoms with Crippen molar-refractivity contribution >= 4 is 57.6 Å². The van der Waals surface area contributed by atoms with Crippen molar-refractivity contribution in [1.29, 1.82) is 0 Å². The quantitative estimate of drug-likeness (QED) is 0.212. The third-order valence-electron chi connectivity index (χ3n) is 3.54. The van der Waals surface area contributed by atoms with Crippen LogP contribution < -0.4 is 14.9 Å². The molecule has 7 nitrogen and oxygen atoms in total. The van der Waals surface area contributed by atoms with Crippen LogP contribution in [0.2, 0.25) is 0 Å². The van der Waals surface area contributed by atoms with Crippen LogP contribution in [0.5, 0.6) is 11.5 Å². The van der Waals surface area contributed by atoms with Crippen molar-refractivity contribution < 1.29 is 18.7 Å². The first kappa shape index (κ1) is 20.5. The van der Waals surface area contributed by atoms with Crippen LogP contribution >= 0.6 is 34.4 Å². The number of halogens is 1. The molecule has 28 heavy (non-hydrogen) atoms. The topological polar surface area (TPSA) is 86.0 Å². The number of methoxy groups -OCH3 is 1. The van der Waals surface area contributed by atoms with Crippen molar-refractivity contribution in [2.45, 2.75) is 12.1 Å². The summed E-state index contributed by atoms with van der Waals surface area (Å²) < 4.78 is 17.4. The number of hydrogen-bond donors (Lipinski definition) is 1. The SMILES string of the molecule is CCOc1c(I)cc(/C=N\NC(=O)CSc2nc3ccccc3o2)cc1OC. The molecule has 0 atom stereocenters. The first-order valence-corrected chi connectivity index (χ1v) is 10.5. The Balaban J connectivity index is 1.56. The van der Waals surface area contributed by atoms with E-state index >= 15 is 0 Å². The first-order valence-electron chi connectivity index (χ1n) is 8.41. The predicted octanol–water partition coefficient (Wildman–Crippen LogP) is 4.08. The predicted molar refractivity (Wildman–Crippen MR) is 117 cm³/mol. The van der Waals surface area contributed by atoms with E-state index in [2.05, 4.69) is 38.1 Å². The zero-order valence-corrected chi connectivity index (χ0v) is 18.2. The summed E-state index contributed by atoms with van der Waals surface area (Å²) in [5, 5.41) is 4.45. The number of oxazole rings is 1. The molecule has 0 fully saturated rings. The number of rotatable bonds is 8. The van der Waals surface area contributed by atoms with Gasteiger partial charge in [-0.1, -0.05) is 23.9 Å². The van der Waals surface area contributed by atoms with Gasteiger partial charge in [0.2, 0.25) is 0 Å². The number of benzene rings is 2. The largest absolute Gasteiger partial charge is 0.493 e. The van der Waals surface area contributed by atoms with Crippen molar-refractivity contribution in [3.63, 3.8) is 0 Å². The number of amides is 1. The van der Waals surface area contributed by atoms with E-state index in [1.165, 1.54) is 11.8 Å². The van der Waals surface area contributed by atoms with E-state index in [1.54, 1.807) is 19.4 Å². The average Bonchev–Trinajstić information content (AvgIpc) is 3.11.